The van der Waals surface area contributed by atoms with Crippen molar-refractivity contribution in [3.8, 4) is 11.5 Å². The Hall–Kier alpha value is -2.31. The van der Waals surface area contributed by atoms with Gasteiger partial charge in [-0.25, -0.2) is 4.98 Å². The van der Waals surface area contributed by atoms with Crippen molar-refractivity contribution in [1.29, 1.82) is 0 Å². The molecule has 2 heterocycles. The molecule has 6 heteroatoms. The van der Waals surface area contributed by atoms with Gasteiger partial charge in [-0.05, 0) is 17.7 Å². The lowest BCUT2D eigenvalue weighted by atomic mass is 10.1. The third-order valence-electron chi connectivity index (χ3n) is 4.68. The number of rotatable bonds is 4. The second-order valence-electron chi connectivity index (χ2n) is 6.28. The maximum atomic E-state index is 9.97. The molecule has 0 saturated carbocycles. The summed E-state index contributed by atoms with van der Waals surface area (Å²) >= 11 is 1.63. The maximum Gasteiger partial charge on any atom is 0.119 e. The zero-order chi connectivity index (χ0) is 17.2. The average molecular weight is 355 g/mol. The highest BCUT2D eigenvalue weighted by Crippen LogP contribution is 2.34. The van der Waals surface area contributed by atoms with Gasteiger partial charge >= 0.3 is 0 Å². The normalized spacial score (nSPS) is 15.6. The Morgan fingerprint density at radius 1 is 1.12 bits per heavy atom. The second kappa shape index (κ2) is 6.90. The molecule has 2 aromatic carbocycles. The van der Waals surface area contributed by atoms with Crippen molar-refractivity contribution >= 4 is 27.2 Å². The number of phenols is 1. The van der Waals surface area contributed by atoms with Crippen LogP contribution in [-0.2, 0) is 6.54 Å². The Bertz CT molecular complexity index is 855. The zero-order valence-electron chi connectivity index (χ0n) is 14.2. The zero-order valence-corrected chi connectivity index (χ0v) is 15.0. The number of aromatic nitrogens is 1. The molecule has 130 valence electrons. The van der Waals surface area contributed by atoms with Gasteiger partial charge in [-0.3, -0.25) is 4.90 Å². The number of hydrogen-bond donors (Lipinski definition) is 1. The number of hydrogen-bond acceptors (Lipinski definition) is 6. The molecule has 0 bridgehead atoms. The van der Waals surface area contributed by atoms with Crippen LogP contribution in [0.2, 0.25) is 0 Å². The number of thiazole rings is 1. The number of phenolic OH excluding ortho intramolecular Hbond substituents is 1. The van der Waals surface area contributed by atoms with Crippen LogP contribution in [0.15, 0.2) is 41.9 Å². The molecule has 0 unspecified atom stereocenters. The van der Waals surface area contributed by atoms with Crippen molar-refractivity contribution in [2.45, 2.75) is 6.54 Å². The molecule has 4 rings (SSSR count). The Labute approximate surface area is 151 Å². The number of nitrogens with zero attached hydrogens (tertiary/aromatic N) is 3. The number of methoxy groups -OCH3 is 1. The summed E-state index contributed by atoms with van der Waals surface area (Å²) in [6.45, 7) is 4.86. The molecule has 0 aliphatic carbocycles. The minimum absolute atomic E-state index is 0.286. The van der Waals surface area contributed by atoms with Crippen LogP contribution < -0.4 is 9.64 Å². The van der Waals surface area contributed by atoms with Gasteiger partial charge in [0.1, 0.15) is 11.5 Å². The van der Waals surface area contributed by atoms with Crippen LogP contribution >= 0.6 is 11.3 Å². The SMILES string of the molecule is COc1ccc(CN2CCN(c3cc(O)cc4ncsc34)CC2)cc1. The molecule has 1 N–H and O–H groups in total. The predicted octanol–water partition coefficient (Wildman–Crippen LogP) is 3.33. The highest BCUT2D eigenvalue weighted by Gasteiger charge is 2.20. The van der Waals surface area contributed by atoms with E-state index in [1.165, 1.54) is 5.56 Å². The molecule has 1 fully saturated rings. The number of ether oxygens (including phenoxy) is 1. The van der Waals surface area contributed by atoms with Crippen molar-refractivity contribution in [2.75, 3.05) is 38.2 Å². The van der Waals surface area contributed by atoms with E-state index in [2.05, 4.69) is 26.9 Å². The Morgan fingerprint density at radius 2 is 1.88 bits per heavy atom. The van der Waals surface area contributed by atoms with Gasteiger partial charge in [0.2, 0.25) is 0 Å². The van der Waals surface area contributed by atoms with Gasteiger partial charge in [0.15, 0.2) is 0 Å². The molecule has 0 amide bonds. The third kappa shape index (κ3) is 3.41. The fourth-order valence-electron chi connectivity index (χ4n) is 3.31. The van der Waals surface area contributed by atoms with Gasteiger partial charge in [-0.1, -0.05) is 12.1 Å². The first kappa shape index (κ1) is 16.2. The van der Waals surface area contributed by atoms with E-state index in [1.54, 1.807) is 24.5 Å². The van der Waals surface area contributed by atoms with E-state index < -0.39 is 0 Å². The monoisotopic (exact) mass is 355 g/mol. The molecule has 25 heavy (non-hydrogen) atoms. The van der Waals surface area contributed by atoms with E-state index in [-0.39, 0.29) is 5.75 Å². The van der Waals surface area contributed by atoms with E-state index in [1.807, 2.05) is 23.7 Å². The molecular weight excluding hydrogens is 334 g/mol. The molecule has 1 aliphatic rings. The molecule has 3 aromatic rings. The molecule has 1 aromatic heterocycles. The molecule has 0 atom stereocenters. The molecule has 1 aliphatic heterocycles. The van der Waals surface area contributed by atoms with Crippen LogP contribution in [0.1, 0.15) is 5.56 Å². The van der Waals surface area contributed by atoms with Crippen LogP contribution in [0.25, 0.3) is 10.2 Å². The fraction of sp³-hybridized carbons (Fsp3) is 0.316. The number of fused-ring (bicyclic) bond motifs is 1. The molecular formula is C19H21N3O2S. The van der Waals surface area contributed by atoms with E-state index in [0.29, 0.717) is 0 Å². The summed E-state index contributed by atoms with van der Waals surface area (Å²) in [5, 5.41) is 9.97. The summed E-state index contributed by atoms with van der Waals surface area (Å²) in [6, 6.07) is 11.9. The largest absolute Gasteiger partial charge is 0.508 e. The Balaban J connectivity index is 1.43. The highest BCUT2D eigenvalue weighted by molar-refractivity contribution is 7.17. The van der Waals surface area contributed by atoms with Crippen LogP contribution in [-0.4, -0.2) is 48.3 Å². The van der Waals surface area contributed by atoms with Crippen LogP contribution in [0.4, 0.5) is 5.69 Å². The van der Waals surface area contributed by atoms with Crippen LogP contribution in [0.5, 0.6) is 11.5 Å². The summed E-state index contributed by atoms with van der Waals surface area (Å²) in [6.07, 6.45) is 0. The van der Waals surface area contributed by atoms with E-state index in [9.17, 15) is 5.11 Å². The summed E-state index contributed by atoms with van der Waals surface area (Å²) in [7, 11) is 1.69. The van der Waals surface area contributed by atoms with E-state index in [0.717, 1.165) is 54.4 Å². The lowest BCUT2D eigenvalue weighted by Crippen LogP contribution is -2.46. The first-order chi connectivity index (χ1) is 12.2. The van der Waals surface area contributed by atoms with Gasteiger partial charge in [0, 0.05) is 44.9 Å². The van der Waals surface area contributed by atoms with Crippen molar-refractivity contribution in [3.63, 3.8) is 0 Å². The first-order valence-corrected chi connectivity index (χ1v) is 9.27. The van der Waals surface area contributed by atoms with Crippen molar-refractivity contribution in [3.05, 3.63) is 47.5 Å². The van der Waals surface area contributed by atoms with Gasteiger partial charge in [0.05, 0.1) is 28.5 Å². The number of anilines is 1. The van der Waals surface area contributed by atoms with Gasteiger partial charge in [0.25, 0.3) is 0 Å². The second-order valence-corrected chi connectivity index (χ2v) is 7.13. The van der Waals surface area contributed by atoms with Gasteiger partial charge in [-0.2, -0.15) is 0 Å². The fourth-order valence-corrected chi connectivity index (χ4v) is 4.12. The molecule has 5 nitrogen and oxygen atoms in total. The number of piperazine rings is 1. The summed E-state index contributed by atoms with van der Waals surface area (Å²) in [5.41, 5.74) is 5.12. The standard InChI is InChI=1S/C19H21N3O2S/c1-24-16-4-2-14(3-5-16)12-21-6-8-22(9-7-21)18-11-15(23)10-17-19(18)25-13-20-17/h2-5,10-11,13,23H,6-9,12H2,1H3. The first-order valence-electron chi connectivity index (χ1n) is 8.39. The minimum atomic E-state index is 0.286. The van der Waals surface area contributed by atoms with E-state index >= 15 is 0 Å². The quantitative estimate of drug-likeness (QED) is 0.778. The number of aromatic hydroxyl groups is 1. The molecule has 1 saturated heterocycles. The smallest absolute Gasteiger partial charge is 0.119 e. The third-order valence-corrected chi connectivity index (χ3v) is 5.54. The Morgan fingerprint density at radius 3 is 2.60 bits per heavy atom. The van der Waals surface area contributed by atoms with Gasteiger partial charge in [-0.15, -0.1) is 11.3 Å². The molecule has 0 radical (unpaired) electrons. The average Bonchev–Trinajstić information content (AvgIpc) is 3.11. The maximum absolute atomic E-state index is 9.97. The summed E-state index contributed by atoms with van der Waals surface area (Å²) in [5.74, 6) is 1.18. The molecule has 0 spiro atoms. The predicted molar refractivity (Wildman–Crippen MR) is 102 cm³/mol. The van der Waals surface area contributed by atoms with Crippen molar-refractivity contribution < 1.29 is 9.84 Å². The topological polar surface area (TPSA) is 48.8 Å². The lowest BCUT2D eigenvalue weighted by Gasteiger charge is -2.36. The summed E-state index contributed by atoms with van der Waals surface area (Å²) in [4.78, 5) is 9.15. The van der Waals surface area contributed by atoms with E-state index in [4.69, 9.17) is 4.74 Å². The van der Waals surface area contributed by atoms with Crippen molar-refractivity contribution in [2.24, 2.45) is 0 Å². The van der Waals surface area contributed by atoms with Crippen LogP contribution in [0.3, 0.4) is 0 Å². The van der Waals surface area contributed by atoms with Crippen molar-refractivity contribution in [1.82, 2.24) is 9.88 Å². The Kier molecular flexibility index (Phi) is 4.46. The number of benzene rings is 2. The lowest BCUT2D eigenvalue weighted by molar-refractivity contribution is 0.250. The summed E-state index contributed by atoms with van der Waals surface area (Å²) < 4.78 is 6.37. The van der Waals surface area contributed by atoms with Gasteiger partial charge < -0.3 is 14.7 Å². The highest BCUT2D eigenvalue weighted by atomic mass is 32.1. The van der Waals surface area contributed by atoms with Crippen LogP contribution in [0, 0.1) is 0 Å². The minimum Gasteiger partial charge on any atom is -0.508 e.